The molecular weight excluding hydrogens is 291 g/mol. The van der Waals surface area contributed by atoms with E-state index in [-0.39, 0.29) is 5.82 Å². The van der Waals surface area contributed by atoms with Crippen molar-refractivity contribution in [3.63, 3.8) is 0 Å². The molecule has 3 rings (SSSR count). The molecule has 1 aliphatic heterocycles. The summed E-state index contributed by atoms with van der Waals surface area (Å²) in [5.41, 5.74) is 2.24. The van der Waals surface area contributed by atoms with Crippen molar-refractivity contribution in [1.82, 2.24) is 14.9 Å². The van der Waals surface area contributed by atoms with Crippen molar-refractivity contribution in [3.8, 4) is 0 Å². The first-order valence-electron chi connectivity index (χ1n) is 8.15. The number of nitrogens with zero attached hydrogens (tertiary/aromatic N) is 4. The van der Waals surface area contributed by atoms with Gasteiger partial charge in [-0.1, -0.05) is 26.0 Å². The molecule has 1 aromatic heterocycles. The first-order chi connectivity index (χ1) is 11.1. The zero-order chi connectivity index (χ0) is 16.2. The summed E-state index contributed by atoms with van der Waals surface area (Å²) in [7, 11) is 0. The number of benzene rings is 1. The average Bonchev–Trinajstić information content (AvgIpc) is 2.58. The second kappa shape index (κ2) is 7.04. The van der Waals surface area contributed by atoms with Crippen LogP contribution in [0.25, 0.3) is 0 Å². The molecule has 0 N–H and O–H groups in total. The van der Waals surface area contributed by atoms with Crippen LogP contribution in [0.5, 0.6) is 0 Å². The van der Waals surface area contributed by atoms with E-state index >= 15 is 0 Å². The summed E-state index contributed by atoms with van der Waals surface area (Å²) in [6, 6.07) is 8.88. The number of hydrogen-bond donors (Lipinski definition) is 0. The van der Waals surface area contributed by atoms with E-state index in [2.05, 4.69) is 39.7 Å². The van der Waals surface area contributed by atoms with Crippen LogP contribution in [0.1, 0.15) is 31.0 Å². The fourth-order valence-corrected chi connectivity index (χ4v) is 2.83. The van der Waals surface area contributed by atoms with Gasteiger partial charge in [-0.3, -0.25) is 4.90 Å². The molecule has 2 heterocycles. The number of halogens is 1. The molecule has 1 aliphatic rings. The minimum Gasteiger partial charge on any atom is -0.354 e. The Hall–Kier alpha value is -2.01. The van der Waals surface area contributed by atoms with Gasteiger partial charge in [-0.15, -0.1) is 0 Å². The molecule has 1 saturated heterocycles. The Kier molecular flexibility index (Phi) is 4.86. The van der Waals surface area contributed by atoms with Crippen LogP contribution in [0.15, 0.2) is 36.7 Å². The maximum absolute atomic E-state index is 13.0. The zero-order valence-corrected chi connectivity index (χ0v) is 13.7. The third-order valence-electron chi connectivity index (χ3n) is 4.28. The topological polar surface area (TPSA) is 32.3 Å². The predicted molar refractivity (Wildman–Crippen MR) is 90.0 cm³/mol. The zero-order valence-electron chi connectivity index (χ0n) is 13.7. The average molecular weight is 314 g/mol. The van der Waals surface area contributed by atoms with Gasteiger partial charge in [-0.2, -0.15) is 0 Å². The lowest BCUT2D eigenvalue weighted by molar-refractivity contribution is 0.249. The monoisotopic (exact) mass is 314 g/mol. The van der Waals surface area contributed by atoms with Gasteiger partial charge in [0.25, 0.3) is 0 Å². The normalized spacial score (nSPS) is 16.1. The van der Waals surface area contributed by atoms with Gasteiger partial charge in [0.05, 0.1) is 0 Å². The molecule has 0 bridgehead atoms. The number of hydrogen-bond acceptors (Lipinski definition) is 4. The SMILES string of the molecule is CC(C)c1cc(N2CCN(Cc3ccc(F)cc3)CC2)ncn1. The van der Waals surface area contributed by atoms with Gasteiger partial charge in [0.15, 0.2) is 0 Å². The first-order valence-corrected chi connectivity index (χ1v) is 8.15. The fourth-order valence-electron chi connectivity index (χ4n) is 2.83. The quantitative estimate of drug-likeness (QED) is 0.868. The van der Waals surface area contributed by atoms with Crippen molar-refractivity contribution in [2.45, 2.75) is 26.3 Å². The van der Waals surface area contributed by atoms with Crippen LogP contribution in [-0.4, -0.2) is 41.0 Å². The lowest BCUT2D eigenvalue weighted by Gasteiger charge is -2.35. The Labute approximate surface area is 137 Å². The van der Waals surface area contributed by atoms with E-state index in [4.69, 9.17) is 0 Å². The molecule has 0 atom stereocenters. The van der Waals surface area contributed by atoms with Crippen molar-refractivity contribution in [2.24, 2.45) is 0 Å². The highest BCUT2D eigenvalue weighted by atomic mass is 19.1. The van der Waals surface area contributed by atoms with Gasteiger partial charge in [-0.25, -0.2) is 14.4 Å². The highest BCUT2D eigenvalue weighted by molar-refractivity contribution is 5.40. The lowest BCUT2D eigenvalue weighted by Crippen LogP contribution is -2.46. The smallest absolute Gasteiger partial charge is 0.132 e. The molecule has 2 aromatic rings. The van der Waals surface area contributed by atoms with Crippen molar-refractivity contribution in [3.05, 3.63) is 53.7 Å². The highest BCUT2D eigenvalue weighted by Crippen LogP contribution is 2.19. The Morgan fingerprint density at radius 3 is 2.39 bits per heavy atom. The maximum Gasteiger partial charge on any atom is 0.132 e. The molecule has 0 unspecified atom stereocenters. The summed E-state index contributed by atoms with van der Waals surface area (Å²) in [5, 5.41) is 0. The first kappa shape index (κ1) is 15.9. The van der Waals surface area contributed by atoms with Crippen LogP contribution < -0.4 is 4.90 Å². The van der Waals surface area contributed by atoms with E-state index in [9.17, 15) is 4.39 Å². The molecule has 4 nitrogen and oxygen atoms in total. The van der Waals surface area contributed by atoms with Gasteiger partial charge in [-0.05, 0) is 23.6 Å². The third-order valence-corrected chi connectivity index (χ3v) is 4.28. The fraction of sp³-hybridized carbons (Fsp3) is 0.444. The maximum atomic E-state index is 13.0. The molecule has 0 radical (unpaired) electrons. The number of anilines is 1. The molecule has 1 fully saturated rings. The summed E-state index contributed by atoms with van der Waals surface area (Å²) in [4.78, 5) is 13.5. The van der Waals surface area contributed by atoms with Crippen molar-refractivity contribution >= 4 is 5.82 Å². The Bertz CT molecular complexity index is 634. The van der Waals surface area contributed by atoms with Crippen LogP contribution in [0.3, 0.4) is 0 Å². The highest BCUT2D eigenvalue weighted by Gasteiger charge is 2.18. The van der Waals surface area contributed by atoms with Gasteiger partial charge in [0.2, 0.25) is 0 Å². The van der Waals surface area contributed by atoms with Gasteiger partial charge in [0, 0.05) is 44.5 Å². The van der Waals surface area contributed by atoms with Crippen LogP contribution in [-0.2, 0) is 6.54 Å². The van der Waals surface area contributed by atoms with E-state index < -0.39 is 0 Å². The van der Waals surface area contributed by atoms with Crippen molar-refractivity contribution < 1.29 is 4.39 Å². The summed E-state index contributed by atoms with van der Waals surface area (Å²) in [6.07, 6.45) is 1.66. The second-order valence-corrected chi connectivity index (χ2v) is 6.35. The Morgan fingerprint density at radius 2 is 1.74 bits per heavy atom. The van der Waals surface area contributed by atoms with Crippen molar-refractivity contribution in [1.29, 1.82) is 0 Å². The minimum atomic E-state index is -0.178. The molecule has 5 heteroatoms. The van der Waals surface area contributed by atoms with Crippen LogP contribution >= 0.6 is 0 Å². The molecule has 0 amide bonds. The second-order valence-electron chi connectivity index (χ2n) is 6.35. The van der Waals surface area contributed by atoms with Crippen molar-refractivity contribution in [2.75, 3.05) is 31.1 Å². The molecule has 0 saturated carbocycles. The Morgan fingerprint density at radius 1 is 1.04 bits per heavy atom. The number of aromatic nitrogens is 2. The third kappa shape index (κ3) is 4.05. The van der Waals surface area contributed by atoms with Crippen LogP contribution in [0.4, 0.5) is 10.2 Å². The molecule has 23 heavy (non-hydrogen) atoms. The lowest BCUT2D eigenvalue weighted by atomic mass is 10.1. The van der Waals surface area contributed by atoms with E-state index in [0.29, 0.717) is 5.92 Å². The molecule has 1 aromatic carbocycles. The van der Waals surface area contributed by atoms with Gasteiger partial charge in [0.1, 0.15) is 18.0 Å². The van der Waals surface area contributed by atoms with E-state index in [1.807, 2.05) is 12.1 Å². The molecular formula is C18H23FN4. The van der Waals surface area contributed by atoms with Crippen LogP contribution in [0.2, 0.25) is 0 Å². The van der Waals surface area contributed by atoms with Gasteiger partial charge >= 0.3 is 0 Å². The summed E-state index contributed by atoms with van der Waals surface area (Å²) >= 11 is 0. The number of rotatable bonds is 4. The molecule has 122 valence electrons. The summed E-state index contributed by atoms with van der Waals surface area (Å²) in [6.45, 7) is 9.04. The molecule has 0 aliphatic carbocycles. The van der Waals surface area contributed by atoms with E-state index in [0.717, 1.165) is 49.8 Å². The Balaban J connectivity index is 1.58. The summed E-state index contributed by atoms with van der Waals surface area (Å²) < 4.78 is 13.0. The van der Waals surface area contributed by atoms with E-state index in [1.54, 1.807) is 6.33 Å². The van der Waals surface area contributed by atoms with Gasteiger partial charge < -0.3 is 4.90 Å². The largest absolute Gasteiger partial charge is 0.354 e. The van der Waals surface area contributed by atoms with Crippen LogP contribution in [0, 0.1) is 5.82 Å². The minimum absolute atomic E-state index is 0.178. The number of piperazine rings is 1. The predicted octanol–water partition coefficient (Wildman–Crippen LogP) is 3.06. The standard InChI is InChI=1S/C18H23FN4/c1-14(2)17-11-18(21-13-20-17)23-9-7-22(8-10-23)12-15-3-5-16(19)6-4-15/h3-6,11,13-14H,7-10,12H2,1-2H3. The summed E-state index contributed by atoms with van der Waals surface area (Å²) in [5.74, 6) is 1.25. The molecule has 0 spiro atoms. The van der Waals surface area contributed by atoms with E-state index in [1.165, 1.54) is 12.1 Å².